The topological polar surface area (TPSA) is 107 Å². The smallest absolute Gasteiger partial charge is 0.324 e. The van der Waals surface area contributed by atoms with E-state index >= 15 is 0 Å². The fourth-order valence-electron chi connectivity index (χ4n) is 4.29. The molecule has 6 nitrogen and oxygen atoms in total. The van der Waals surface area contributed by atoms with Crippen molar-refractivity contribution < 1.29 is 24.2 Å². The standard InChI is InChI=1S/C22H21NO5/c23-22(21(26)27)10-9-13(24)11-19(22)20(25)28-12-18-16-7-3-1-5-14(16)15-6-2-4-8-17(15)18/h1-8,18-19H,9-12,23H2,(H,26,27). The number of aliphatic carboxylic acids is 1. The van der Waals surface area contributed by atoms with Crippen LogP contribution in [0.3, 0.4) is 0 Å². The third-order valence-corrected chi connectivity index (χ3v) is 5.91. The normalized spacial score (nSPS) is 23.8. The number of nitrogens with two attached hydrogens (primary N) is 1. The van der Waals surface area contributed by atoms with Gasteiger partial charge in [-0.25, -0.2) is 0 Å². The number of carbonyl (C=O) groups excluding carboxylic acids is 2. The number of hydrogen-bond donors (Lipinski definition) is 2. The van der Waals surface area contributed by atoms with Crippen LogP contribution in [0.4, 0.5) is 0 Å². The molecule has 4 rings (SSSR count). The summed E-state index contributed by atoms with van der Waals surface area (Å²) in [5.74, 6) is -3.47. The number of rotatable bonds is 4. The number of hydrogen-bond acceptors (Lipinski definition) is 5. The van der Waals surface area contributed by atoms with Crippen molar-refractivity contribution in [1.29, 1.82) is 0 Å². The van der Waals surface area contributed by atoms with Crippen LogP contribution in [0.15, 0.2) is 48.5 Å². The lowest BCUT2D eigenvalue weighted by Gasteiger charge is -2.35. The minimum absolute atomic E-state index is 0.0595. The number of benzene rings is 2. The minimum Gasteiger partial charge on any atom is -0.480 e. The van der Waals surface area contributed by atoms with E-state index in [0.717, 1.165) is 22.3 Å². The summed E-state index contributed by atoms with van der Waals surface area (Å²) in [7, 11) is 0. The third kappa shape index (κ3) is 2.90. The molecule has 0 spiro atoms. The Kier molecular flexibility index (Phi) is 4.51. The second kappa shape index (κ2) is 6.87. The molecule has 2 aromatic carbocycles. The largest absolute Gasteiger partial charge is 0.480 e. The molecule has 0 saturated heterocycles. The van der Waals surface area contributed by atoms with E-state index in [4.69, 9.17) is 10.5 Å². The quantitative estimate of drug-likeness (QED) is 0.791. The molecule has 1 saturated carbocycles. The van der Waals surface area contributed by atoms with E-state index in [0.29, 0.717) is 0 Å². The zero-order valence-electron chi connectivity index (χ0n) is 15.3. The van der Waals surface area contributed by atoms with Gasteiger partial charge in [-0.2, -0.15) is 0 Å². The van der Waals surface area contributed by atoms with E-state index < -0.39 is 23.4 Å². The van der Waals surface area contributed by atoms with Gasteiger partial charge in [0.2, 0.25) is 0 Å². The molecule has 2 aliphatic rings. The van der Waals surface area contributed by atoms with Gasteiger partial charge in [0.05, 0.1) is 5.92 Å². The highest BCUT2D eigenvalue weighted by Gasteiger charge is 2.51. The Bertz CT molecular complexity index is 923. The lowest BCUT2D eigenvalue weighted by Crippen LogP contribution is -2.59. The van der Waals surface area contributed by atoms with E-state index in [1.165, 1.54) is 0 Å². The zero-order chi connectivity index (χ0) is 19.9. The van der Waals surface area contributed by atoms with Gasteiger partial charge in [-0.05, 0) is 28.7 Å². The molecular formula is C22H21NO5. The lowest BCUT2D eigenvalue weighted by atomic mass is 9.73. The van der Waals surface area contributed by atoms with Crippen LogP contribution >= 0.6 is 0 Å². The van der Waals surface area contributed by atoms with Gasteiger partial charge >= 0.3 is 11.9 Å². The average Bonchev–Trinajstić information content (AvgIpc) is 3.02. The van der Waals surface area contributed by atoms with Crippen LogP contribution in [0.1, 0.15) is 36.3 Å². The Balaban J connectivity index is 1.57. The van der Waals surface area contributed by atoms with E-state index in [2.05, 4.69) is 0 Å². The van der Waals surface area contributed by atoms with E-state index in [1.54, 1.807) is 0 Å². The van der Waals surface area contributed by atoms with Gasteiger partial charge in [0.25, 0.3) is 0 Å². The first-order valence-electron chi connectivity index (χ1n) is 9.30. The first-order chi connectivity index (χ1) is 13.4. The highest BCUT2D eigenvalue weighted by molar-refractivity contribution is 5.94. The van der Waals surface area contributed by atoms with Gasteiger partial charge in [0, 0.05) is 18.8 Å². The Morgan fingerprint density at radius 3 is 2.21 bits per heavy atom. The van der Waals surface area contributed by atoms with Crippen LogP contribution in [-0.4, -0.2) is 35.0 Å². The molecule has 0 heterocycles. The lowest BCUT2D eigenvalue weighted by molar-refractivity contribution is -0.163. The van der Waals surface area contributed by atoms with Crippen LogP contribution in [-0.2, 0) is 19.1 Å². The summed E-state index contributed by atoms with van der Waals surface area (Å²) in [5, 5.41) is 9.50. The maximum atomic E-state index is 12.7. The van der Waals surface area contributed by atoms with Crippen molar-refractivity contribution in [2.75, 3.05) is 6.61 Å². The van der Waals surface area contributed by atoms with Crippen LogP contribution in [0.25, 0.3) is 11.1 Å². The number of ketones is 1. The van der Waals surface area contributed by atoms with Gasteiger partial charge in [0.15, 0.2) is 0 Å². The molecule has 0 aliphatic heterocycles. The zero-order valence-corrected chi connectivity index (χ0v) is 15.3. The fourth-order valence-corrected chi connectivity index (χ4v) is 4.29. The number of ether oxygens (including phenoxy) is 1. The molecular weight excluding hydrogens is 358 g/mol. The van der Waals surface area contributed by atoms with Crippen molar-refractivity contribution in [1.82, 2.24) is 0 Å². The highest BCUT2D eigenvalue weighted by atomic mass is 16.5. The van der Waals surface area contributed by atoms with Gasteiger partial charge in [-0.15, -0.1) is 0 Å². The summed E-state index contributed by atoms with van der Waals surface area (Å²) in [6.07, 6.45) is -0.189. The molecule has 6 heteroatoms. The second-order valence-corrected chi connectivity index (χ2v) is 7.50. The van der Waals surface area contributed by atoms with E-state index in [1.807, 2.05) is 48.5 Å². The summed E-state index contributed by atoms with van der Waals surface area (Å²) < 4.78 is 5.54. The van der Waals surface area contributed by atoms with Crippen LogP contribution < -0.4 is 5.73 Å². The van der Waals surface area contributed by atoms with Crippen molar-refractivity contribution in [2.45, 2.75) is 30.7 Å². The van der Waals surface area contributed by atoms with Gasteiger partial charge in [-0.1, -0.05) is 48.5 Å². The van der Waals surface area contributed by atoms with Gasteiger partial charge < -0.3 is 15.6 Å². The molecule has 2 unspecified atom stereocenters. The minimum atomic E-state index is -1.77. The second-order valence-electron chi connectivity index (χ2n) is 7.50. The maximum absolute atomic E-state index is 12.7. The Morgan fingerprint density at radius 1 is 1.07 bits per heavy atom. The fraction of sp³-hybridized carbons (Fsp3) is 0.318. The Morgan fingerprint density at radius 2 is 1.64 bits per heavy atom. The number of esters is 1. The third-order valence-electron chi connectivity index (χ3n) is 5.91. The van der Waals surface area contributed by atoms with Crippen LogP contribution in [0.2, 0.25) is 0 Å². The summed E-state index contributed by atoms with van der Waals surface area (Å²) in [5.41, 5.74) is 8.56. The molecule has 0 amide bonds. The molecule has 2 aromatic rings. The monoisotopic (exact) mass is 379 g/mol. The van der Waals surface area contributed by atoms with Crippen molar-refractivity contribution in [3.8, 4) is 11.1 Å². The van der Waals surface area contributed by atoms with Crippen molar-refractivity contribution >= 4 is 17.7 Å². The average molecular weight is 379 g/mol. The maximum Gasteiger partial charge on any atom is 0.324 e. The molecule has 1 fully saturated rings. The molecule has 2 aliphatic carbocycles. The molecule has 2 atom stereocenters. The van der Waals surface area contributed by atoms with Crippen molar-refractivity contribution in [3.63, 3.8) is 0 Å². The molecule has 28 heavy (non-hydrogen) atoms. The van der Waals surface area contributed by atoms with E-state index in [9.17, 15) is 19.5 Å². The van der Waals surface area contributed by atoms with Crippen molar-refractivity contribution in [3.05, 3.63) is 59.7 Å². The highest BCUT2D eigenvalue weighted by Crippen LogP contribution is 2.44. The first-order valence-corrected chi connectivity index (χ1v) is 9.30. The Hall–Kier alpha value is -2.99. The Labute approximate surface area is 162 Å². The van der Waals surface area contributed by atoms with Gasteiger partial charge in [0.1, 0.15) is 17.9 Å². The predicted molar refractivity (Wildman–Crippen MR) is 102 cm³/mol. The van der Waals surface area contributed by atoms with E-state index in [-0.39, 0.29) is 37.6 Å². The molecule has 0 bridgehead atoms. The first kappa shape index (κ1) is 18.4. The molecule has 144 valence electrons. The molecule has 3 N–H and O–H groups in total. The van der Waals surface area contributed by atoms with Gasteiger partial charge in [-0.3, -0.25) is 14.4 Å². The summed E-state index contributed by atoms with van der Waals surface area (Å²) in [6, 6.07) is 15.9. The molecule has 0 radical (unpaired) electrons. The van der Waals surface area contributed by atoms with Crippen molar-refractivity contribution in [2.24, 2.45) is 11.7 Å². The number of carbonyl (C=O) groups is 3. The number of fused-ring (bicyclic) bond motifs is 3. The van der Waals surface area contributed by atoms with Crippen LogP contribution in [0.5, 0.6) is 0 Å². The summed E-state index contributed by atoms with van der Waals surface area (Å²) in [6.45, 7) is 0.0766. The predicted octanol–water partition coefficient (Wildman–Crippen LogP) is 2.49. The number of Topliss-reactive ketones (excluding diaryl/α,β-unsaturated/α-hetero) is 1. The number of carboxylic acid groups (broad SMARTS) is 1. The molecule has 0 aromatic heterocycles. The summed E-state index contributed by atoms with van der Waals surface area (Å²) >= 11 is 0. The number of carboxylic acids is 1. The SMILES string of the molecule is NC1(C(=O)O)CCC(=O)CC1C(=O)OCC1c2ccccc2-c2ccccc21. The van der Waals surface area contributed by atoms with Crippen LogP contribution in [0, 0.1) is 5.92 Å². The summed E-state index contributed by atoms with van der Waals surface area (Å²) in [4.78, 5) is 36.2.